The lowest BCUT2D eigenvalue weighted by molar-refractivity contribution is 0.0901. The molecule has 3 nitrogen and oxygen atoms in total. The Morgan fingerprint density at radius 1 is 1.42 bits per heavy atom. The van der Waals surface area contributed by atoms with Crippen molar-refractivity contribution >= 4 is 5.78 Å². The van der Waals surface area contributed by atoms with Gasteiger partial charge in [-0.3, -0.25) is 9.69 Å². The molecular formula is C16H23NO2. The van der Waals surface area contributed by atoms with Crippen LogP contribution in [0.15, 0.2) is 24.3 Å². The Labute approximate surface area is 115 Å². The van der Waals surface area contributed by atoms with Gasteiger partial charge in [0.15, 0.2) is 5.78 Å². The second-order valence-corrected chi connectivity index (χ2v) is 5.55. The smallest absolute Gasteiger partial charge is 0.180 e. The lowest BCUT2D eigenvalue weighted by Crippen LogP contribution is -2.37. The summed E-state index contributed by atoms with van der Waals surface area (Å²) in [5.74, 6) is 1.44. The van der Waals surface area contributed by atoms with Gasteiger partial charge in [0.25, 0.3) is 0 Å². The van der Waals surface area contributed by atoms with Crippen LogP contribution in [-0.4, -0.2) is 36.9 Å². The van der Waals surface area contributed by atoms with E-state index in [-0.39, 0.29) is 5.78 Å². The molecule has 0 spiro atoms. The van der Waals surface area contributed by atoms with Crippen LogP contribution in [0.4, 0.5) is 0 Å². The van der Waals surface area contributed by atoms with Crippen molar-refractivity contribution < 1.29 is 9.53 Å². The summed E-state index contributed by atoms with van der Waals surface area (Å²) in [6, 6.07) is 8.01. The monoisotopic (exact) mass is 261 g/mol. The highest BCUT2D eigenvalue weighted by Crippen LogP contribution is 2.25. The van der Waals surface area contributed by atoms with Crippen LogP contribution in [0.25, 0.3) is 0 Å². The predicted octanol–water partition coefficient (Wildman–Crippen LogP) is 3.00. The van der Waals surface area contributed by atoms with Crippen molar-refractivity contribution in [2.75, 3.05) is 20.2 Å². The highest BCUT2D eigenvalue weighted by molar-refractivity contribution is 6.00. The van der Waals surface area contributed by atoms with Crippen molar-refractivity contribution in [1.82, 2.24) is 4.90 Å². The van der Waals surface area contributed by atoms with E-state index >= 15 is 0 Å². The molecule has 1 heterocycles. The first-order valence-corrected chi connectivity index (χ1v) is 7.03. The molecule has 0 amide bonds. The van der Waals surface area contributed by atoms with Crippen LogP contribution < -0.4 is 4.74 Å². The summed E-state index contributed by atoms with van der Waals surface area (Å²) in [7, 11) is 1.61. The zero-order valence-electron chi connectivity index (χ0n) is 12.1. The van der Waals surface area contributed by atoms with E-state index in [0.29, 0.717) is 29.8 Å². The first-order valence-electron chi connectivity index (χ1n) is 7.03. The maximum atomic E-state index is 12.4. The summed E-state index contributed by atoms with van der Waals surface area (Å²) < 4.78 is 5.27. The SMILES string of the molecule is COc1ccccc1C(=O)CN1CCCC1C(C)C. The molecule has 1 aromatic carbocycles. The van der Waals surface area contributed by atoms with Crippen LogP contribution >= 0.6 is 0 Å². The minimum atomic E-state index is 0.157. The zero-order valence-corrected chi connectivity index (χ0v) is 12.1. The number of hydrogen-bond acceptors (Lipinski definition) is 3. The Hall–Kier alpha value is -1.35. The summed E-state index contributed by atoms with van der Waals surface area (Å²) in [6.45, 7) is 6.00. The lowest BCUT2D eigenvalue weighted by atomic mass is 10.0. The van der Waals surface area contributed by atoms with E-state index < -0.39 is 0 Å². The standard InChI is InChI=1S/C16H23NO2/c1-12(2)14-8-6-10-17(14)11-15(18)13-7-4-5-9-16(13)19-3/h4-5,7,9,12,14H,6,8,10-11H2,1-3H3. The molecule has 1 saturated heterocycles. The van der Waals surface area contributed by atoms with Gasteiger partial charge < -0.3 is 4.74 Å². The quantitative estimate of drug-likeness (QED) is 0.763. The van der Waals surface area contributed by atoms with Crippen LogP contribution in [0.3, 0.4) is 0 Å². The van der Waals surface area contributed by atoms with Crippen molar-refractivity contribution in [3.63, 3.8) is 0 Å². The van der Waals surface area contributed by atoms with E-state index in [1.807, 2.05) is 24.3 Å². The summed E-state index contributed by atoms with van der Waals surface area (Å²) in [6.07, 6.45) is 2.40. The van der Waals surface area contributed by atoms with Crippen LogP contribution in [0.5, 0.6) is 5.75 Å². The molecule has 3 heteroatoms. The van der Waals surface area contributed by atoms with E-state index in [4.69, 9.17) is 4.74 Å². The number of Topliss-reactive ketones (excluding diaryl/α,β-unsaturated/α-hetero) is 1. The average Bonchev–Trinajstić information content (AvgIpc) is 2.87. The Morgan fingerprint density at radius 2 is 2.16 bits per heavy atom. The second-order valence-electron chi connectivity index (χ2n) is 5.55. The molecule has 1 fully saturated rings. The fourth-order valence-electron chi connectivity index (χ4n) is 2.95. The first kappa shape index (κ1) is 14.1. The fourth-order valence-corrected chi connectivity index (χ4v) is 2.95. The molecule has 2 rings (SSSR count). The van der Waals surface area contributed by atoms with Crippen LogP contribution in [-0.2, 0) is 0 Å². The summed E-state index contributed by atoms with van der Waals surface area (Å²) >= 11 is 0. The number of ketones is 1. The number of rotatable bonds is 5. The van der Waals surface area contributed by atoms with Crippen molar-refractivity contribution in [1.29, 1.82) is 0 Å². The number of nitrogens with zero attached hydrogens (tertiary/aromatic N) is 1. The van der Waals surface area contributed by atoms with E-state index in [9.17, 15) is 4.79 Å². The Balaban J connectivity index is 2.08. The van der Waals surface area contributed by atoms with Gasteiger partial charge in [0.2, 0.25) is 0 Å². The molecular weight excluding hydrogens is 238 g/mol. The van der Waals surface area contributed by atoms with Crippen LogP contribution in [0, 0.1) is 5.92 Å². The summed E-state index contributed by atoms with van der Waals surface area (Å²) in [4.78, 5) is 14.7. The molecule has 1 aliphatic heterocycles. The van der Waals surface area contributed by atoms with E-state index in [1.54, 1.807) is 7.11 Å². The molecule has 0 N–H and O–H groups in total. The largest absolute Gasteiger partial charge is 0.496 e. The van der Waals surface area contributed by atoms with Crippen LogP contribution in [0.1, 0.15) is 37.0 Å². The van der Waals surface area contributed by atoms with Crippen molar-refractivity contribution in [3.05, 3.63) is 29.8 Å². The molecule has 1 unspecified atom stereocenters. The molecule has 104 valence electrons. The molecule has 1 aromatic rings. The third kappa shape index (κ3) is 3.16. The third-order valence-electron chi connectivity index (χ3n) is 3.94. The van der Waals surface area contributed by atoms with Crippen molar-refractivity contribution in [3.8, 4) is 5.75 Å². The summed E-state index contributed by atoms with van der Waals surface area (Å²) in [5.41, 5.74) is 0.694. The van der Waals surface area contributed by atoms with Gasteiger partial charge in [-0.2, -0.15) is 0 Å². The molecule has 0 bridgehead atoms. The van der Waals surface area contributed by atoms with E-state index in [1.165, 1.54) is 12.8 Å². The average molecular weight is 261 g/mol. The van der Waals surface area contributed by atoms with Gasteiger partial charge in [-0.25, -0.2) is 0 Å². The van der Waals surface area contributed by atoms with Gasteiger partial charge in [0.1, 0.15) is 5.75 Å². The number of likely N-dealkylation sites (tertiary alicyclic amines) is 1. The number of methoxy groups -OCH3 is 1. The van der Waals surface area contributed by atoms with Gasteiger partial charge in [0.05, 0.1) is 19.2 Å². The van der Waals surface area contributed by atoms with Crippen LogP contribution in [0.2, 0.25) is 0 Å². The highest BCUT2D eigenvalue weighted by Gasteiger charge is 2.29. The number of carbonyl (C=O) groups excluding carboxylic acids is 1. The predicted molar refractivity (Wildman–Crippen MR) is 76.8 cm³/mol. The molecule has 19 heavy (non-hydrogen) atoms. The van der Waals surface area contributed by atoms with Gasteiger partial charge in [-0.05, 0) is 37.4 Å². The molecule has 0 aromatic heterocycles. The third-order valence-corrected chi connectivity index (χ3v) is 3.94. The van der Waals surface area contributed by atoms with Gasteiger partial charge >= 0.3 is 0 Å². The van der Waals surface area contributed by atoms with Gasteiger partial charge in [0, 0.05) is 6.04 Å². The molecule has 1 atom stereocenters. The van der Waals surface area contributed by atoms with Crippen molar-refractivity contribution in [2.45, 2.75) is 32.7 Å². The number of para-hydroxylation sites is 1. The Bertz CT molecular complexity index is 442. The minimum Gasteiger partial charge on any atom is -0.496 e. The Kier molecular flexibility index (Phi) is 4.59. The normalized spacial score (nSPS) is 19.9. The van der Waals surface area contributed by atoms with Gasteiger partial charge in [-0.15, -0.1) is 0 Å². The molecule has 0 radical (unpaired) electrons. The molecule has 0 aliphatic carbocycles. The van der Waals surface area contributed by atoms with E-state index in [2.05, 4.69) is 18.7 Å². The highest BCUT2D eigenvalue weighted by atomic mass is 16.5. The molecule has 0 saturated carbocycles. The fraction of sp³-hybridized carbons (Fsp3) is 0.562. The maximum absolute atomic E-state index is 12.4. The topological polar surface area (TPSA) is 29.5 Å². The second kappa shape index (κ2) is 6.20. The number of hydrogen-bond donors (Lipinski definition) is 0. The first-order chi connectivity index (χ1) is 9.13. The summed E-state index contributed by atoms with van der Waals surface area (Å²) in [5, 5.41) is 0. The molecule has 1 aliphatic rings. The number of ether oxygens (including phenoxy) is 1. The van der Waals surface area contributed by atoms with Gasteiger partial charge in [-0.1, -0.05) is 26.0 Å². The van der Waals surface area contributed by atoms with E-state index in [0.717, 1.165) is 6.54 Å². The minimum absolute atomic E-state index is 0.157. The number of benzene rings is 1. The zero-order chi connectivity index (χ0) is 13.8. The van der Waals surface area contributed by atoms with Crippen molar-refractivity contribution in [2.24, 2.45) is 5.92 Å². The lowest BCUT2D eigenvalue weighted by Gasteiger charge is -2.26. The maximum Gasteiger partial charge on any atom is 0.180 e. The Morgan fingerprint density at radius 3 is 2.84 bits per heavy atom. The number of carbonyl (C=O) groups is 1.